The number of amides is 1. The van der Waals surface area contributed by atoms with E-state index in [2.05, 4.69) is 0 Å². The summed E-state index contributed by atoms with van der Waals surface area (Å²) in [6, 6.07) is 1.27. The van der Waals surface area contributed by atoms with Crippen LogP contribution in [0.15, 0.2) is 11.5 Å². The van der Waals surface area contributed by atoms with E-state index >= 15 is 0 Å². The molecule has 7 heteroatoms. The maximum absolute atomic E-state index is 12.6. The van der Waals surface area contributed by atoms with Gasteiger partial charge in [0.15, 0.2) is 0 Å². The van der Waals surface area contributed by atoms with Crippen LogP contribution >= 0.6 is 0 Å². The molecule has 0 spiro atoms. The van der Waals surface area contributed by atoms with Gasteiger partial charge in [-0.25, -0.2) is 0 Å². The minimum Gasteiger partial charge on any atom is -0.494 e. The molecule has 0 aromatic heterocycles. The molecule has 15 heavy (non-hydrogen) atoms. The fraction of sp³-hybridized carbons (Fsp3) is 0.500. The summed E-state index contributed by atoms with van der Waals surface area (Å²) in [5, 5.41) is 19.4. The standard InChI is InChI=1S/C8H7F3N2O2/c1-7(8(9,10)11)2-5(14)13-6(15)4(7)3-12/h15H,2H2,1H3,(H,13,14). The van der Waals surface area contributed by atoms with Crippen LogP contribution in [-0.2, 0) is 4.79 Å². The predicted octanol–water partition coefficient (Wildman–Crippen LogP) is 1.37. The number of nitrogens with zero attached hydrogens (tertiary/aromatic N) is 1. The Morgan fingerprint density at radius 2 is 2.13 bits per heavy atom. The van der Waals surface area contributed by atoms with E-state index in [0.717, 1.165) is 0 Å². The van der Waals surface area contributed by atoms with Gasteiger partial charge in [-0.1, -0.05) is 0 Å². The number of nitrogens with one attached hydrogen (secondary N) is 1. The molecule has 1 rings (SSSR count). The molecule has 2 N–H and O–H groups in total. The zero-order valence-corrected chi connectivity index (χ0v) is 7.64. The van der Waals surface area contributed by atoms with Gasteiger partial charge in [0.25, 0.3) is 0 Å². The summed E-state index contributed by atoms with van der Waals surface area (Å²) in [6.45, 7) is 0.709. The molecule has 4 nitrogen and oxygen atoms in total. The second kappa shape index (κ2) is 3.15. The zero-order valence-electron chi connectivity index (χ0n) is 7.64. The molecular weight excluding hydrogens is 213 g/mol. The summed E-state index contributed by atoms with van der Waals surface area (Å²) in [6.07, 6.45) is -5.66. The third-order valence-electron chi connectivity index (χ3n) is 2.30. The maximum Gasteiger partial charge on any atom is 0.399 e. The zero-order chi connectivity index (χ0) is 11.9. The summed E-state index contributed by atoms with van der Waals surface area (Å²) in [7, 11) is 0. The first-order valence-electron chi connectivity index (χ1n) is 3.93. The Morgan fingerprint density at radius 1 is 1.60 bits per heavy atom. The quantitative estimate of drug-likeness (QED) is 0.647. The van der Waals surface area contributed by atoms with Crippen molar-refractivity contribution in [1.29, 1.82) is 5.26 Å². The monoisotopic (exact) mass is 220 g/mol. The van der Waals surface area contributed by atoms with E-state index in [1.54, 1.807) is 5.32 Å². The number of aliphatic hydroxyl groups is 1. The first kappa shape index (κ1) is 11.4. The van der Waals surface area contributed by atoms with Gasteiger partial charge in [-0.2, -0.15) is 18.4 Å². The summed E-state index contributed by atoms with van der Waals surface area (Å²) < 4.78 is 37.9. The van der Waals surface area contributed by atoms with Gasteiger partial charge in [0.1, 0.15) is 17.1 Å². The van der Waals surface area contributed by atoms with E-state index < -0.39 is 35.4 Å². The highest BCUT2D eigenvalue weighted by molar-refractivity contribution is 5.81. The van der Waals surface area contributed by atoms with Crippen molar-refractivity contribution in [2.75, 3.05) is 0 Å². The van der Waals surface area contributed by atoms with Crippen LogP contribution in [-0.4, -0.2) is 17.2 Å². The molecule has 0 aromatic carbocycles. The molecule has 1 aliphatic rings. The number of hydrogen-bond donors (Lipinski definition) is 2. The summed E-state index contributed by atoms with van der Waals surface area (Å²) >= 11 is 0. The van der Waals surface area contributed by atoms with Crippen LogP contribution in [0.3, 0.4) is 0 Å². The van der Waals surface area contributed by atoms with E-state index in [4.69, 9.17) is 10.4 Å². The summed E-state index contributed by atoms with van der Waals surface area (Å²) in [5.41, 5.74) is -3.48. The Balaban J connectivity index is 3.35. The normalized spacial score (nSPS) is 27.3. The van der Waals surface area contributed by atoms with Crippen LogP contribution in [0.1, 0.15) is 13.3 Å². The van der Waals surface area contributed by atoms with Gasteiger partial charge in [0.05, 0.1) is 0 Å². The highest BCUT2D eigenvalue weighted by Gasteiger charge is 2.58. The first-order valence-corrected chi connectivity index (χ1v) is 3.93. The molecule has 82 valence electrons. The van der Waals surface area contributed by atoms with E-state index in [0.29, 0.717) is 6.92 Å². The molecular formula is C8H7F3N2O2. The van der Waals surface area contributed by atoms with Crippen molar-refractivity contribution < 1.29 is 23.1 Å². The van der Waals surface area contributed by atoms with E-state index in [1.165, 1.54) is 6.07 Å². The summed E-state index contributed by atoms with van der Waals surface area (Å²) in [5.74, 6) is -1.99. The van der Waals surface area contributed by atoms with Crippen LogP contribution < -0.4 is 5.32 Å². The van der Waals surface area contributed by atoms with Gasteiger partial charge in [-0.3, -0.25) is 10.1 Å². The highest BCUT2D eigenvalue weighted by atomic mass is 19.4. The Morgan fingerprint density at radius 3 is 2.53 bits per heavy atom. The number of carbonyl (C=O) groups is 1. The second-order valence-electron chi connectivity index (χ2n) is 3.39. The topological polar surface area (TPSA) is 73.1 Å². The summed E-state index contributed by atoms with van der Waals surface area (Å²) in [4.78, 5) is 10.9. The fourth-order valence-corrected chi connectivity index (χ4v) is 1.33. The number of rotatable bonds is 0. The number of aliphatic hydroxyl groups excluding tert-OH is 1. The van der Waals surface area contributed by atoms with E-state index in [9.17, 15) is 18.0 Å². The van der Waals surface area contributed by atoms with Crippen molar-refractivity contribution in [2.24, 2.45) is 5.41 Å². The van der Waals surface area contributed by atoms with E-state index in [-0.39, 0.29) is 0 Å². The van der Waals surface area contributed by atoms with Crippen LogP contribution in [0.25, 0.3) is 0 Å². The molecule has 0 aliphatic carbocycles. The van der Waals surface area contributed by atoms with Crippen molar-refractivity contribution in [1.82, 2.24) is 5.32 Å². The van der Waals surface area contributed by atoms with Crippen molar-refractivity contribution in [3.05, 3.63) is 11.5 Å². The molecule has 0 aromatic rings. The minimum absolute atomic E-state index is 0.709. The Kier molecular flexibility index (Phi) is 2.39. The van der Waals surface area contributed by atoms with Crippen molar-refractivity contribution in [3.63, 3.8) is 0 Å². The third kappa shape index (κ3) is 1.63. The van der Waals surface area contributed by atoms with Gasteiger partial charge in [-0.15, -0.1) is 0 Å². The predicted molar refractivity (Wildman–Crippen MR) is 42.2 cm³/mol. The number of allylic oxidation sites excluding steroid dienone is 1. The Hall–Kier alpha value is -1.71. The van der Waals surface area contributed by atoms with Gasteiger partial charge >= 0.3 is 6.18 Å². The van der Waals surface area contributed by atoms with Crippen LogP contribution in [0.5, 0.6) is 0 Å². The Bertz CT molecular complexity index is 380. The third-order valence-corrected chi connectivity index (χ3v) is 2.30. The molecule has 1 unspecified atom stereocenters. The average molecular weight is 220 g/mol. The van der Waals surface area contributed by atoms with Gasteiger partial charge < -0.3 is 5.11 Å². The van der Waals surface area contributed by atoms with Gasteiger partial charge in [0.2, 0.25) is 11.8 Å². The number of alkyl halides is 3. The van der Waals surface area contributed by atoms with Crippen LogP contribution in [0.2, 0.25) is 0 Å². The average Bonchev–Trinajstić information content (AvgIpc) is 2.00. The lowest BCUT2D eigenvalue weighted by Gasteiger charge is -2.34. The lowest BCUT2D eigenvalue weighted by atomic mass is 9.77. The maximum atomic E-state index is 12.6. The molecule has 0 saturated heterocycles. The largest absolute Gasteiger partial charge is 0.494 e. The first-order chi connectivity index (χ1) is 6.72. The number of hydrogen-bond acceptors (Lipinski definition) is 3. The molecule has 1 atom stereocenters. The van der Waals surface area contributed by atoms with Crippen molar-refractivity contribution in [2.45, 2.75) is 19.5 Å². The molecule has 0 fully saturated rings. The van der Waals surface area contributed by atoms with Crippen LogP contribution in [0, 0.1) is 16.7 Å². The number of halogens is 3. The van der Waals surface area contributed by atoms with Crippen molar-refractivity contribution in [3.8, 4) is 6.07 Å². The van der Waals surface area contributed by atoms with Gasteiger partial charge in [-0.05, 0) is 6.92 Å². The van der Waals surface area contributed by atoms with Crippen LogP contribution in [0.4, 0.5) is 13.2 Å². The SMILES string of the molecule is CC1(C(F)(F)F)CC(=O)NC(O)=C1C#N. The second-order valence-corrected chi connectivity index (χ2v) is 3.39. The molecule has 0 bridgehead atoms. The van der Waals surface area contributed by atoms with Gasteiger partial charge in [0, 0.05) is 6.42 Å². The molecule has 0 saturated carbocycles. The lowest BCUT2D eigenvalue weighted by Crippen LogP contribution is -2.46. The molecule has 1 heterocycles. The van der Waals surface area contributed by atoms with Crippen molar-refractivity contribution >= 4 is 5.91 Å². The minimum atomic E-state index is -4.76. The fourth-order valence-electron chi connectivity index (χ4n) is 1.33. The number of nitriles is 1. The highest BCUT2D eigenvalue weighted by Crippen LogP contribution is 2.48. The molecule has 1 amide bonds. The molecule has 1 aliphatic heterocycles. The molecule has 0 radical (unpaired) electrons. The van der Waals surface area contributed by atoms with E-state index in [1.807, 2.05) is 0 Å². The Labute approximate surface area is 83.0 Å². The number of carbonyl (C=O) groups excluding carboxylic acids is 1. The lowest BCUT2D eigenvalue weighted by molar-refractivity contribution is -0.208. The smallest absolute Gasteiger partial charge is 0.399 e.